The van der Waals surface area contributed by atoms with Crippen molar-refractivity contribution in [1.82, 2.24) is 14.7 Å². The zero-order valence-corrected chi connectivity index (χ0v) is 15.1. The van der Waals surface area contributed by atoms with Gasteiger partial charge in [-0.3, -0.25) is 0 Å². The number of nitrogens with zero attached hydrogens (tertiary/aromatic N) is 4. The number of hydrogen-bond acceptors (Lipinski definition) is 4. The topological polar surface area (TPSA) is 66.4 Å². The van der Waals surface area contributed by atoms with Crippen LogP contribution in [0.3, 0.4) is 0 Å². The first-order valence-electron chi connectivity index (χ1n) is 7.06. The molecule has 120 valence electrons. The van der Waals surface area contributed by atoms with Gasteiger partial charge in [0.05, 0.1) is 9.77 Å². The predicted octanol–water partition coefficient (Wildman–Crippen LogP) is 3.35. The van der Waals surface area contributed by atoms with Gasteiger partial charge in [-0.2, -0.15) is 5.10 Å². The van der Waals surface area contributed by atoms with Crippen LogP contribution >= 0.6 is 34.2 Å². The van der Waals surface area contributed by atoms with Crippen LogP contribution in [0.5, 0.6) is 5.75 Å². The minimum absolute atomic E-state index is 0.408. The number of rotatable bonds is 3. The molecule has 0 N–H and O–H groups in total. The minimum atomic E-state index is 0.408. The Labute approximate surface area is 155 Å². The number of aromatic nitrogens is 4. The molecule has 4 aromatic rings. The second-order valence-electron chi connectivity index (χ2n) is 5.17. The predicted molar refractivity (Wildman–Crippen MR) is 98.0 cm³/mol. The van der Waals surface area contributed by atoms with E-state index in [1.807, 2.05) is 24.3 Å². The molecule has 0 spiro atoms. The smallest absolute Gasteiger partial charge is 0.270 e. The van der Waals surface area contributed by atoms with E-state index in [1.165, 1.54) is 0 Å². The molecule has 0 saturated heterocycles. The maximum Gasteiger partial charge on any atom is 0.270 e. The van der Waals surface area contributed by atoms with E-state index in [4.69, 9.17) is 16.3 Å². The summed E-state index contributed by atoms with van der Waals surface area (Å²) in [6, 6.07) is 12.7. The Balaban J connectivity index is 1.71. The molecular weight excluding hydrogens is 443 g/mol. The van der Waals surface area contributed by atoms with Crippen molar-refractivity contribution >= 4 is 50.9 Å². The highest BCUT2D eigenvalue weighted by Crippen LogP contribution is 2.21. The number of hydrogen-bond donors (Lipinski definition) is 0. The normalized spacial score (nSPS) is 11.2. The summed E-state index contributed by atoms with van der Waals surface area (Å²) in [7, 11) is 0. The summed E-state index contributed by atoms with van der Waals surface area (Å²) in [4.78, 5) is 0.609. The van der Waals surface area contributed by atoms with E-state index in [2.05, 4.69) is 32.8 Å². The lowest BCUT2D eigenvalue weighted by atomic mass is 10.2. The van der Waals surface area contributed by atoms with Crippen molar-refractivity contribution in [2.45, 2.75) is 6.61 Å². The van der Waals surface area contributed by atoms with Gasteiger partial charge in [0.1, 0.15) is 17.9 Å². The van der Waals surface area contributed by atoms with Crippen molar-refractivity contribution < 1.29 is 9.58 Å². The van der Waals surface area contributed by atoms with Crippen LogP contribution in [0.1, 0.15) is 5.56 Å². The van der Waals surface area contributed by atoms with Crippen molar-refractivity contribution in [3.63, 3.8) is 0 Å². The molecule has 0 bridgehead atoms. The summed E-state index contributed by atoms with van der Waals surface area (Å²) >= 11 is 7.98. The molecule has 2 aromatic carbocycles. The molecule has 24 heavy (non-hydrogen) atoms. The Morgan fingerprint density at radius 3 is 2.79 bits per heavy atom. The zero-order chi connectivity index (χ0) is 16.7. The van der Waals surface area contributed by atoms with Crippen LogP contribution in [0.15, 0.2) is 48.7 Å². The molecule has 0 unspecified atom stereocenters. The lowest BCUT2D eigenvalue weighted by molar-refractivity contribution is -0.640. The van der Waals surface area contributed by atoms with Crippen molar-refractivity contribution in [3.8, 4) is 5.75 Å². The first kappa shape index (κ1) is 15.4. The Hall–Kier alpha value is -2.13. The molecule has 0 aliphatic rings. The van der Waals surface area contributed by atoms with Crippen LogP contribution in [0, 0.1) is 8.78 Å². The highest BCUT2D eigenvalue weighted by atomic mass is 127. The molecule has 0 amide bonds. The standard InChI is InChI=1S/C16H10ClIN4O2/c17-11-3-1-10(2-4-11)9-24-12-5-6-14-15(7-12)21-16(20-22(14)23)13(18)8-19-21/h1-8H,9H2. The van der Waals surface area contributed by atoms with Gasteiger partial charge in [0.25, 0.3) is 5.52 Å². The van der Waals surface area contributed by atoms with Crippen LogP contribution in [-0.2, 0) is 6.61 Å². The van der Waals surface area contributed by atoms with Gasteiger partial charge in [-0.1, -0.05) is 23.7 Å². The van der Waals surface area contributed by atoms with Crippen LogP contribution in [0.25, 0.3) is 16.7 Å². The fraction of sp³-hybridized carbons (Fsp3) is 0.0625. The SMILES string of the molecule is [O-][n+]1nc2c(I)cnn2c2cc(OCc3ccc(Cl)cc3)ccc21. The van der Waals surface area contributed by atoms with E-state index in [1.54, 1.807) is 28.9 Å². The highest BCUT2D eigenvalue weighted by Gasteiger charge is 2.15. The largest absolute Gasteiger partial charge is 0.594 e. The Kier molecular flexibility index (Phi) is 3.89. The third-order valence-electron chi connectivity index (χ3n) is 3.59. The van der Waals surface area contributed by atoms with Crippen LogP contribution in [0.4, 0.5) is 0 Å². The lowest BCUT2D eigenvalue weighted by Gasteiger charge is -2.08. The highest BCUT2D eigenvalue weighted by molar-refractivity contribution is 14.1. The number of fused-ring (bicyclic) bond motifs is 3. The van der Waals surface area contributed by atoms with Gasteiger partial charge in [-0.25, -0.2) is 4.52 Å². The van der Waals surface area contributed by atoms with Crippen molar-refractivity contribution in [1.29, 1.82) is 0 Å². The zero-order valence-electron chi connectivity index (χ0n) is 12.2. The lowest BCUT2D eigenvalue weighted by Crippen LogP contribution is -2.33. The van der Waals surface area contributed by atoms with Crippen molar-refractivity contribution in [2.75, 3.05) is 0 Å². The molecule has 2 heterocycles. The maximum atomic E-state index is 12.1. The van der Waals surface area contributed by atoms with Crippen LogP contribution in [0.2, 0.25) is 5.02 Å². The molecule has 0 saturated carbocycles. The second-order valence-corrected chi connectivity index (χ2v) is 6.77. The second kappa shape index (κ2) is 6.06. The molecule has 0 atom stereocenters. The van der Waals surface area contributed by atoms with E-state index >= 15 is 0 Å². The summed E-state index contributed by atoms with van der Waals surface area (Å²) in [6.45, 7) is 0.408. The average Bonchev–Trinajstić information content (AvgIpc) is 2.96. The van der Waals surface area contributed by atoms with E-state index in [0.717, 1.165) is 9.13 Å². The molecule has 0 radical (unpaired) electrons. The Bertz CT molecular complexity index is 1050. The van der Waals surface area contributed by atoms with Gasteiger partial charge in [0.15, 0.2) is 0 Å². The van der Waals surface area contributed by atoms with Gasteiger partial charge in [-0.15, -0.1) is 0 Å². The van der Waals surface area contributed by atoms with Gasteiger partial charge < -0.3 is 9.94 Å². The molecular formula is C16H10ClIN4O2. The summed E-state index contributed by atoms with van der Waals surface area (Å²) in [5.74, 6) is 0.649. The summed E-state index contributed by atoms with van der Waals surface area (Å²) in [5, 5.41) is 21.0. The third-order valence-corrected chi connectivity index (χ3v) is 4.60. The summed E-state index contributed by atoms with van der Waals surface area (Å²) in [6.07, 6.45) is 1.67. The van der Waals surface area contributed by atoms with Gasteiger partial charge in [0, 0.05) is 22.3 Å². The Morgan fingerprint density at radius 2 is 2.00 bits per heavy atom. The minimum Gasteiger partial charge on any atom is -0.594 e. The molecule has 0 fully saturated rings. The van der Waals surface area contributed by atoms with Gasteiger partial charge >= 0.3 is 0 Å². The van der Waals surface area contributed by atoms with E-state index in [9.17, 15) is 5.21 Å². The van der Waals surface area contributed by atoms with Gasteiger partial charge in [-0.05, 0) is 51.2 Å². The third kappa shape index (κ3) is 2.73. The molecule has 0 aliphatic carbocycles. The molecule has 4 rings (SSSR count). The molecule has 8 heteroatoms. The number of ether oxygens (including phenoxy) is 1. The quantitative estimate of drug-likeness (QED) is 0.272. The Morgan fingerprint density at radius 1 is 1.21 bits per heavy atom. The van der Waals surface area contributed by atoms with Crippen LogP contribution < -0.4 is 9.58 Å². The molecule has 2 aromatic heterocycles. The average molecular weight is 453 g/mol. The first-order chi connectivity index (χ1) is 11.6. The molecule has 0 aliphatic heterocycles. The van der Waals surface area contributed by atoms with Crippen molar-refractivity contribution in [3.05, 3.63) is 68.0 Å². The molecule has 6 nitrogen and oxygen atoms in total. The maximum absolute atomic E-state index is 12.1. The fourth-order valence-electron chi connectivity index (χ4n) is 2.40. The monoisotopic (exact) mass is 452 g/mol. The fourth-order valence-corrected chi connectivity index (χ4v) is 2.99. The summed E-state index contributed by atoms with van der Waals surface area (Å²) in [5.41, 5.74) is 2.60. The van der Waals surface area contributed by atoms with E-state index < -0.39 is 0 Å². The van der Waals surface area contributed by atoms with E-state index in [0.29, 0.717) is 38.9 Å². The summed E-state index contributed by atoms with van der Waals surface area (Å²) < 4.78 is 8.27. The van der Waals surface area contributed by atoms with Gasteiger partial charge in [0.2, 0.25) is 5.65 Å². The first-order valence-corrected chi connectivity index (χ1v) is 8.51. The van der Waals surface area contributed by atoms with E-state index in [-0.39, 0.29) is 0 Å². The number of benzene rings is 2. The van der Waals surface area contributed by atoms with Crippen LogP contribution in [-0.4, -0.2) is 14.7 Å². The number of halogens is 2. The van der Waals surface area contributed by atoms with Crippen molar-refractivity contribution in [2.24, 2.45) is 0 Å².